The zero-order valence-electron chi connectivity index (χ0n) is 16.2. The highest BCUT2D eigenvalue weighted by Crippen LogP contribution is 2.18. The molecule has 3 rings (SSSR count). The summed E-state index contributed by atoms with van der Waals surface area (Å²) < 4.78 is 0. The van der Waals surface area contributed by atoms with E-state index in [0.717, 1.165) is 29.9 Å². The first-order valence-electron chi connectivity index (χ1n) is 9.34. The minimum Gasteiger partial charge on any atom is -0.368 e. The zero-order chi connectivity index (χ0) is 19.4. The lowest BCUT2D eigenvalue weighted by Gasteiger charge is -2.35. The fourth-order valence-electron chi connectivity index (χ4n) is 3.37. The third kappa shape index (κ3) is 4.64. The van der Waals surface area contributed by atoms with Crippen molar-refractivity contribution in [2.24, 2.45) is 0 Å². The van der Waals surface area contributed by atoms with Gasteiger partial charge in [-0.2, -0.15) is 0 Å². The van der Waals surface area contributed by atoms with Crippen LogP contribution in [0.1, 0.15) is 34.0 Å². The van der Waals surface area contributed by atoms with E-state index in [9.17, 15) is 9.59 Å². The lowest BCUT2D eigenvalue weighted by atomic mass is 10.1. The maximum Gasteiger partial charge on any atom is 0.246 e. The minimum absolute atomic E-state index is 0.0570. The average molecular weight is 362 g/mol. The predicted octanol–water partition coefficient (Wildman–Crippen LogP) is 3.87. The molecule has 0 aromatic heterocycles. The predicted molar refractivity (Wildman–Crippen MR) is 110 cm³/mol. The van der Waals surface area contributed by atoms with Crippen molar-refractivity contribution in [2.45, 2.75) is 20.8 Å². The van der Waals surface area contributed by atoms with Crippen LogP contribution in [-0.4, -0.2) is 42.8 Å². The second-order valence-corrected chi connectivity index (χ2v) is 7.11. The topological polar surface area (TPSA) is 40.6 Å². The Kier molecular flexibility index (Phi) is 5.75. The van der Waals surface area contributed by atoms with E-state index in [1.54, 1.807) is 13.0 Å². The van der Waals surface area contributed by atoms with Crippen LogP contribution in [0.4, 0.5) is 5.69 Å². The number of nitrogens with zero attached hydrogens (tertiary/aromatic N) is 2. The molecule has 1 fully saturated rings. The maximum atomic E-state index is 12.5. The van der Waals surface area contributed by atoms with Crippen molar-refractivity contribution in [1.29, 1.82) is 0 Å². The molecule has 0 unspecified atom stereocenters. The van der Waals surface area contributed by atoms with Crippen molar-refractivity contribution in [2.75, 3.05) is 31.1 Å². The molecule has 4 nitrogen and oxygen atoms in total. The van der Waals surface area contributed by atoms with E-state index in [0.29, 0.717) is 13.1 Å². The van der Waals surface area contributed by atoms with Gasteiger partial charge in [-0.1, -0.05) is 23.8 Å². The Hall–Kier alpha value is -2.88. The summed E-state index contributed by atoms with van der Waals surface area (Å²) in [5.74, 6) is 0.133. The molecule has 0 spiro atoms. The third-order valence-electron chi connectivity index (χ3n) is 5.06. The number of Topliss-reactive ketones (excluding diaryl/α,β-unsaturated/α-hetero) is 1. The summed E-state index contributed by atoms with van der Waals surface area (Å²) in [5, 5.41) is 0. The van der Waals surface area contributed by atoms with Crippen LogP contribution in [0.3, 0.4) is 0 Å². The van der Waals surface area contributed by atoms with Gasteiger partial charge in [-0.3, -0.25) is 9.59 Å². The minimum atomic E-state index is 0.0570. The van der Waals surface area contributed by atoms with E-state index in [-0.39, 0.29) is 11.7 Å². The summed E-state index contributed by atoms with van der Waals surface area (Å²) in [6.45, 7) is 8.69. The number of aryl methyl sites for hydroxylation is 2. The van der Waals surface area contributed by atoms with E-state index in [4.69, 9.17) is 0 Å². The first-order valence-corrected chi connectivity index (χ1v) is 9.34. The van der Waals surface area contributed by atoms with Crippen molar-refractivity contribution in [3.05, 3.63) is 70.8 Å². The smallest absolute Gasteiger partial charge is 0.246 e. The van der Waals surface area contributed by atoms with Gasteiger partial charge in [0.05, 0.1) is 0 Å². The van der Waals surface area contributed by atoms with Crippen LogP contribution in [0.25, 0.3) is 6.08 Å². The number of piperazine rings is 1. The monoisotopic (exact) mass is 362 g/mol. The van der Waals surface area contributed by atoms with Crippen LogP contribution < -0.4 is 4.90 Å². The normalized spacial score (nSPS) is 14.6. The lowest BCUT2D eigenvalue weighted by molar-refractivity contribution is -0.126. The van der Waals surface area contributed by atoms with Crippen LogP contribution in [0.2, 0.25) is 0 Å². The first kappa shape index (κ1) is 18.9. The van der Waals surface area contributed by atoms with Gasteiger partial charge in [-0.05, 0) is 62.2 Å². The first-order chi connectivity index (χ1) is 12.9. The molecule has 0 atom stereocenters. The van der Waals surface area contributed by atoms with Crippen molar-refractivity contribution in [1.82, 2.24) is 4.90 Å². The van der Waals surface area contributed by atoms with Crippen LogP contribution in [-0.2, 0) is 4.79 Å². The SMILES string of the molecule is CC(=O)c1ccc(N2CCN(C(=O)C=Cc3ccc(C)cc3C)CC2)cc1. The molecular formula is C23H26N2O2. The fraction of sp³-hybridized carbons (Fsp3) is 0.304. The van der Waals surface area contributed by atoms with Crippen LogP contribution in [0.5, 0.6) is 0 Å². The Balaban J connectivity index is 1.57. The zero-order valence-corrected chi connectivity index (χ0v) is 16.2. The summed E-state index contributed by atoms with van der Waals surface area (Å²) in [4.78, 5) is 28.0. The van der Waals surface area contributed by atoms with Gasteiger partial charge in [0.15, 0.2) is 5.78 Å². The van der Waals surface area contributed by atoms with Gasteiger partial charge in [-0.25, -0.2) is 0 Å². The molecule has 0 saturated carbocycles. The number of carbonyl (C=O) groups is 2. The van der Waals surface area contributed by atoms with Gasteiger partial charge >= 0.3 is 0 Å². The summed E-state index contributed by atoms with van der Waals surface area (Å²) in [6, 6.07) is 13.9. The molecule has 0 aliphatic carbocycles. The summed E-state index contributed by atoms with van der Waals surface area (Å²) in [5.41, 5.74) is 5.31. The highest BCUT2D eigenvalue weighted by Gasteiger charge is 2.20. The maximum absolute atomic E-state index is 12.5. The summed E-state index contributed by atoms with van der Waals surface area (Å²) >= 11 is 0. The molecule has 1 aliphatic heterocycles. The number of rotatable bonds is 4. The van der Waals surface area contributed by atoms with Crippen LogP contribution in [0, 0.1) is 13.8 Å². The molecule has 1 amide bonds. The van der Waals surface area contributed by atoms with E-state index < -0.39 is 0 Å². The Morgan fingerprint density at radius 3 is 2.19 bits per heavy atom. The standard InChI is InChI=1S/C23H26N2O2/c1-17-4-5-20(18(2)16-17)8-11-23(27)25-14-12-24(13-15-25)22-9-6-21(7-10-22)19(3)26/h4-11,16H,12-15H2,1-3H3. The average Bonchev–Trinajstić information content (AvgIpc) is 2.67. The Morgan fingerprint density at radius 1 is 0.926 bits per heavy atom. The molecular weight excluding hydrogens is 336 g/mol. The number of anilines is 1. The van der Waals surface area contributed by atoms with Crippen LogP contribution >= 0.6 is 0 Å². The lowest BCUT2D eigenvalue weighted by Crippen LogP contribution is -2.48. The molecule has 140 valence electrons. The summed E-state index contributed by atoms with van der Waals surface area (Å²) in [7, 11) is 0. The molecule has 0 N–H and O–H groups in total. The number of hydrogen-bond acceptors (Lipinski definition) is 3. The molecule has 2 aromatic carbocycles. The van der Waals surface area contributed by atoms with Gasteiger partial charge in [0.1, 0.15) is 0 Å². The number of amides is 1. The van der Waals surface area contributed by atoms with Gasteiger partial charge in [0, 0.05) is 43.5 Å². The number of carbonyl (C=O) groups excluding carboxylic acids is 2. The quantitative estimate of drug-likeness (QED) is 0.612. The molecule has 0 radical (unpaired) electrons. The molecule has 1 heterocycles. The van der Waals surface area contributed by atoms with Crippen molar-refractivity contribution in [3.63, 3.8) is 0 Å². The van der Waals surface area contributed by atoms with Gasteiger partial charge in [0.2, 0.25) is 5.91 Å². The number of ketones is 1. The largest absolute Gasteiger partial charge is 0.368 e. The Morgan fingerprint density at radius 2 is 1.59 bits per heavy atom. The summed E-state index contributed by atoms with van der Waals surface area (Å²) in [6.07, 6.45) is 3.58. The number of benzene rings is 2. The van der Waals surface area contributed by atoms with Gasteiger partial charge in [-0.15, -0.1) is 0 Å². The van der Waals surface area contributed by atoms with E-state index in [1.807, 2.05) is 35.2 Å². The fourth-order valence-corrected chi connectivity index (χ4v) is 3.37. The number of hydrogen-bond donors (Lipinski definition) is 0. The second kappa shape index (κ2) is 8.21. The highest BCUT2D eigenvalue weighted by atomic mass is 16.2. The van der Waals surface area contributed by atoms with Crippen LogP contribution in [0.15, 0.2) is 48.5 Å². The Bertz CT molecular complexity index is 860. The van der Waals surface area contributed by atoms with E-state index >= 15 is 0 Å². The second-order valence-electron chi connectivity index (χ2n) is 7.11. The third-order valence-corrected chi connectivity index (χ3v) is 5.06. The molecule has 0 bridgehead atoms. The van der Waals surface area contributed by atoms with Crippen molar-refractivity contribution >= 4 is 23.5 Å². The van der Waals surface area contributed by atoms with Gasteiger partial charge in [0.25, 0.3) is 0 Å². The molecule has 2 aromatic rings. The highest BCUT2D eigenvalue weighted by molar-refractivity contribution is 5.94. The van der Waals surface area contributed by atoms with Gasteiger partial charge < -0.3 is 9.80 Å². The molecule has 27 heavy (non-hydrogen) atoms. The Labute approximate surface area is 161 Å². The van der Waals surface area contributed by atoms with E-state index in [2.05, 4.69) is 36.9 Å². The van der Waals surface area contributed by atoms with E-state index in [1.165, 1.54) is 11.1 Å². The van der Waals surface area contributed by atoms with Crippen molar-refractivity contribution < 1.29 is 9.59 Å². The van der Waals surface area contributed by atoms with Crippen molar-refractivity contribution in [3.8, 4) is 0 Å². The molecule has 1 aliphatic rings. The molecule has 1 saturated heterocycles. The molecule has 4 heteroatoms.